The molecule has 0 bridgehead atoms. The predicted octanol–water partition coefficient (Wildman–Crippen LogP) is 1.55. The molecule has 0 aliphatic heterocycles. The lowest BCUT2D eigenvalue weighted by Gasteiger charge is -2.16. The molecule has 0 atom stereocenters. The lowest BCUT2D eigenvalue weighted by Crippen LogP contribution is -2.29. The SMILES string of the molecule is CN(CCO)S(=O)(=O)c1ccc(-c2ccc(N)cc2)cc1. The van der Waals surface area contributed by atoms with E-state index in [9.17, 15) is 8.42 Å². The van der Waals surface area contributed by atoms with E-state index in [0.717, 1.165) is 15.4 Å². The molecule has 0 saturated heterocycles. The number of aliphatic hydroxyl groups excluding tert-OH is 1. The fourth-order valence-electron chi connectivity index (χ4n) is 1.94. The van der Waals surface area contributed by atoms with Crippen LogP contribution in [-0.2, 0) is 10.0 Å². The van der Waals surface area contributed by atoms with Crippen molar-refractivity contribution in [3.63, 3.8) is 0 Å². The Kier molecular flexibility index (Phi) is 4.62. The second-order valence-corrected chi connectivity index (χ2v) is 6.74. The van der Waals surface area contributed by atoms with Crippen LogP contribution in [0.25, 0.3) is 11.1 Å². The average Bonchev–Trinajstić information content (AvgIpc) is 2.48. The van der Waals surface area contributed by atoms with Gasteiger partial charge in [-0.3, -0.25) is 0 Å². The highest BCUT2D eigenvalue weighted by atomic mass is 32.2. The molecule has 21 heavy (non-hydrogen) atoms. The molecule has 5 nitrogen and oxygen atoms in total. The first-order valence-corrected chi connectivity index (χ1v) is 7.92. The van der Waals surface area contributed by atoms with E-state index in [2.05, 4.69) is 0 Å². The Hall–Kier alpha value is -1.89. The van der Waals surface area contributed by atoms with Gasteiger partial charge in [-0.2, -0.15) is 4.31 Å². The molecular weight excluding hydrogens is 288 g/mol. The number of rotatable bonds is 5. The topological polar surface area (TPSA) is 83.6 Å². The normalized spacial score (nSPS) is 11.8. The standard InChI is InChI=1S/C15H18N2O3S/c1-17(10-11-18)21(19,20)15-8-4-13(5-9-15)12-2-6-14(16)7-3-12/h2-9,18H,10-11,16H2,1H3. The zero-order valence-electron chi connectivity index (χ0n) is 11.7. The zero-order valence-corrected chi connectivity index (χ0v) is 12.5. The zero-order chi connectivity index (χ0) is 15.5. The van der Waals surface area contributed by atoms with Gasteiger partial charge in [-0.1, -0.05) is 24.3 Å². The van der Waals surface area contributed by atoms with Gasteiger partial charge in [0.25, 0.3) is 0 Å². The van der Waals surface area contributed by atoms with E-state index in [1.807, 2.05) is 12.1 Å². The molecule has 0 aliphatic carbocycles. The van der Waals surface area contributed by atoms with Crippen molar-refractivity contribution in [2.75, 3.05) is 25.9 Å². The number of sulfonamides is 1. The van der Waals surface area contributed by atoms with Gasteiger partial charge in [-0.25, -0.2) is 8.42 Å². The van der Waals surface area contributed by atoms with Crippen LogP contribution in [-0.4, -0.2) is 38.0 Å². The molecule has 2 aromatic carbocycles. The minimum atomic E-state index is -3.55. The first kappa shape index (κ1) is 15.5. The number of likely N-dealkylation sites (N-methyl/N-ethyl adjacent to an activating group) is 1. The van der Waals surface area contributed by atoms with Gasteiger partial charge in [0.2, 0.25) is 10.0 Å². The van der Waals surface area contributed by atoms with E-state index in [1.165, 1.54) is 7.05 Å². The largest absolute Gasteiger partial charge is 0.399 e. The number of nitrogens with two attached hydrogens (primary N) is 1. The minimum absolute atomic E-state index is 0.0715. The van der Waals surface area contributed by atoms with Crippen molar-refractivity contribution >= 4 is 15.7 Å². The highest BCUT2D eigenvalue weighted by Crippen LogP contribution is 2.23. The summed E-state index contributed by atoms with van der Waals surface area (Å²) in [4.78, 5) is 0.206. The van der Waals surface area contributed by atoms with E-state index in [4.69, 9.17) is 10.8 Å². The number of nitrogens with zero attached hydrogens (tertiary/aromatic N) is 1. The number of hydrogen-bond donors (Lipinski definition) is 2. The molecule has 0 heterocycles. The second-order valence-electron chi connectivity index (χ2n) is 4.70. The summed E-state index contributed by atoms with van der Waals surface area (Å²) in [6.07, 6.45) is 0. The van der Waals surface area contributed by atoms with Crippen LogP contribution in [0.3, 0.4) is 0 Å². The van der Waals surface area contributed by atoms with Crippen LogP contribution in [0.5, 0.6) is 0 Å². The molecule has 0 saturated carbocycles. The molecule has 0 amide bonds. The van der Waals surface area contributed by atoms with Gasteiger partial charge in [0.1, 0.15) is 0 Å². The molecule has 6 heteroatoms. The van der Waals surface area contributed by atoms with E-state index >= 15 is 0 Å². The lowest BCUT2D eigenvalue weighted by molar-refractivity contribution is 0.266. The summed E-state index contributed by atoms with van der Waals surface area (Å²) in [5.41, 5.74) is 8.21. The third kappa shape index (κ3) is 3.41. The fraction of sp³-hybridized carbons (Fsp3) is 0.200. The first-order chi connectivity index (χ1) is 9.95. The molecule has 112 valence electrons. The summed E-state index contributed by atoms with van der Waals surface area (Å²) < 4.78 is 25.6. The quantitative estimate of drug-likeness (QED) is 0.821. The Labute approximate surface area is 124 Å². The molecule has 0 fully saturated rings. The van der Waals surface area contributed by atoms with Gasteiger partial charge in [0.05, 0.1) is 11.5 Å². The minimum Gasteiger partial charge on any atom is -0.399 e. The van der Waals surface area contributed by atoms with Crippen molar-refractivity contribution in [2.24, 2.45) is 0 Å². The van der Waals surface area contributed by atoms with Gasteiger partial charge in [-0.05, 0) is 35.4 Å². The maximum Gasteiger partial charge on any atom is 0.242 e. The molecule has 0 spiro atoms. The Morgan fingerprint density at radius 2 is 1.48 bits per heavy atom. The summed E-state index contributed by atoms with van der Waals surface area (Å²) in [6.45, 7) is -0.138. The van der Waals surface area contributed by atoms with Crippen LogP contribution < -0.4 is 5.73 Å². The Balaban J connectivity index is 2.29. The van der Waals surface area contributed by atoms with E-state index in [-0.39, 0.29) is 18.0 Å². The molecule has 0 aliphatic rings. The second kappa shape index (κ2) is 6.26. The van der Waals surface area contributed by atoms with Crippen LogP contribution in [0.2, 0.25) is 0 Å². The summed E-state index contributed by atoms with van der Waals surface area (Å²) in [7, 11) is -2.11. The maximum atomic E-state index is 12.2. The van der Waals surface area contributed by atoms with Crippen molar-refractivity contribution in [1.82, 2.24) is 4.31 Å². The fourth-order valence-corrected chi connectivity index (χ4v) is 3.10. The number of nitrogen functional groups attached to an aromatic ring is 1. The Bertz CT molecular complexity index is 695. The van der Waals surface area contributed by atoms with Gasteiger partial charge in [0, 0.05) is 19.3 Å². The van der Waals surface area contributed by atoms with Crippen molar-refractivity contribution in [2.45, 2.75) is 4.90 Å². The number of anilines is 1. The van der Waals surface area contributed by atoms with Crippen molar-refractivity contribution in [3.8, 4) is 11.1 Å². The number of benzene rings is 2. The summed E-state index contributed by atoms with van der Waals surface area (Å²) in [6, 6.07) is 14.0. The lowest BCUT2D eigenvalue weighted by atomic mass is 10.1. The average molecular weight is 306 g/mol. The van der Waals surface area contributed by atoms with Crippen molar-refractivity contribution in [1.29, 1.82) is 0 Å². The van der Waals surface area contributed by atoms with E-state index < -0.39 is 10.0 Å². The Morgan fingerprint density at radius 1 is 1.00 bits per heavy atom. The van der Waals surface area contributed by atoms with Gasteiger partial charge >= 0.3 is 0 Å². The molecule has 0 radical (unpaired) electrons. The summed E-state index contributed by atoms with van der Waals surface area (Å²) in [5.74, 6) is 0. The molecular formula is C15H18N2O3S. The number of aliphatic hydroxyl groups is 1. The van der Waals surface area contributed by atoms with Crippen LogP contribution in [0.15, 0.2) is 53.4 Å². The highest BCUT2D eigenvalue weighted by molar-refractivity contribution is 7.89. The van der Waals surface area contributed by atoms with Crippen molar-refractivity contribution < 1.29 is 13.5 Å². The molecule has 2 aromatic rings. The van der Waals surface area contributed by atoms with Crippen LogP contribution in [0, 0.1) is 0 Å². The summed E-state index contributed by atoms with van der Waals surface area (Å²) in [5, 5.41) is 8.85. The van der Waals surface area contributed by atoms with Gasteiger partial charge in [-0.15, -0.1) is 0 Å². The van der Waals surface area contributed by atoms with Gasteiger partial charge in [0.15, 0.2) is 0 Å². The predicted molar refractivity (Wildman–Crippen MR) is 83.2 cm³/mol. The number of hydrogen-bond acceptors (Lipinski definition) is 4. The first-order valence-electron chi connectivity index (χ1n) is 6.48. The van der Waals surface area contributed by atoms with Gasteiger partial charge < -0.3 is 10.8 Å². The molecule has 0 unspecified atom stereocenters. The van der Waals surface area contributed by atoms with Crippen molar-refractivity contribution in [3.05, 3.63) is 48.5 Å². The highest BCUT2D eigenvalue weighted by Gasteiger charge is 2.19. The maximum absolute atomic E-state index is 12.2. The third-order valence-electron chi connectivity index (χ3n) is 3.22. The third-order valence-corrected chi connectivity index (χ3v) is 5.09. The molecule has 3 N–H and O–H groups in total. The van der Waals surface area contributed by atoms with Crippen LogP contribution in [0.4, 0.5) is 5.69 Å². The van der Waals surface area contributed by atoms with Crippen LogP contribution in [0.1, 0.15) is 0 Å². The van der Waals surface area contributed by atoms with E-state index in [0.29, 0.717) is 5.69 Å². The van der Waals surface area contributed by atoms with E-state index in [1.54, 1.807) is 36.4 Å². The van der Waals surface area contributed by atoms with Crippen LogP contribution >= 0.6 is 0 Å². The Morgan fingerprint density at radius 3 is 1.95 bits per heavy atom. The monoisotopic (exact) mass is 306 g/mol. The molecule has 0 aromatic heterocycles. The summed E-state index contributed by atoms with van der Waals surface area (Å²) >= 11 is 0. The molecule has 2 rings (SSSR count). The smallest absolute Gasteiger partial charge is 0.242 e.